The maximum Gasteiger partial charge on any atom is 0.311 e. The summed E-state index contributed by atoms with van der Waals surface area (Å²) in [6.07, 6.45) is 8.29. The lowest BCUT2D eigenvalue weighted by molar-refractivity contribution is -0.186. The standard InChI is InChI=1S/C24H34ClNO3/c1-20(2,28)16-13-23-10-7-17-21(3,8-6-9-22(17,4)19(27)29-5)18(23)11-15(16)12-24(23,25)14-26/h13,15,17-18,28H,6-12H2,1-5H3/t15-,17-,18-,21+,22-,23+,24+/m1/s1. The van der Waals surface area contributed by atoms with Crippen molar-refractivity contribution in [1.82, 2.24) is 0 Å². The molecule has 0 aromatic carbocycles. The number of nitrogens with zero attached hydrogens (tertiary/aromatic N) is 1. The molecule has 0 heterocycles. The first-order chi connectivity index (χ1) is 13.4. The Bertz CT molecular complexity index is 810. The zero-order valence-electron chi connectivity index (χ0n) is 18.3. The van der Waals surface area contributed by atoms with Crippen molar-refractivity contribution in [3.63, 3.8) is 0 Å². The van der Waals surface area contributed by atoms with Crippen molar-refractivity contribution in [2.45, 2.75) is 83.1 Å². The first kappa shape index (κ1) is 21.2. The molecule has 2 bridgehead atoms. The second-order valence-electron chi connectivity index (χ2n) is 11.2. The molecule has 0 amide bonds. The number of carbonyl (C=O) groups is 1. The molecule has 0 aromatic heterocycles. The molecule has 4 nitrogen and oxygen atoms in total. The molecule has 1 spiro atoms. The molecule has 0 saturated heterocycles. The number of fused-ring (bicyclic) bond motifs is 2. The van der Waals surface area contributed by atoms with Crippen LogP contribution in [0.1, 0.15) is 72.6 Å². The third kappa shape index (κ3) is 2.56. The zero-order chi connectivity index (χ0) is 21.5. The fraction of sp³-hybridized carbons (Fsp3) is 0.833. The van der Waals surface area contributed by atoms with Crippen LogP contribution in [0.15, 0.2) is 11.6 Å². The summed E-state index contributed by atoms with van der Waals surface area (Å²) in [6.45, 7) is 8.10. The van der Waals surface area contributed by atoms with Crippen LogP contribution in [-0.4, -0.2) is 28.7 Å². The number of carbonyl (C=O) groups excluding carboxylic acids is 1. The van der Waals surface area contributed by atoms with E-state index in [9.17, 15) is 15.2 Å². The number of hydrogen-bond acceptors (Lipinski definition) is 4. The van der Waals surface area contributed by atoms with E-state index in [1.165, 1.54) is 7.11 Å². The quantitative estimate of drug-likeness (QED) is 0.388. The van der Waals surface area contributed by atoms with Gasteiger partial charge in [-0.1, -0.05) is 19.4 Å². The van der Waals surface area contributed by atoms with E-state index in [4.69, 9.17) is 16.3 Å². The molecule has 3 fully saturated rings. The van der Waals surface area contributed by atoms with Crippen LogP contribution in [0.5, 0.6) is 0 Å². The van der Waals surface area contributed by atoms with E-state index in [0.717, 1.165) is 44.1 Å². The first-order valence-corrected chi connectivity index (χ1v) is 11.4. The SMILES string of the molecule is COC(=O)[C@]1(C)CCC[C@@]2(C)[C@H]1CC[C@]13C=C(C(C)(C)O)[C@H](C[C@H]21)C[C@]3(Cl)C#N. The van der Waals surface area contributed by atoms with Gasteiger partial charge in [0.25, 0.3) is 0 Å². The molecule has 29 heavy (non-hydrogen) atoms. The highest BCUT2D eigenvalue weighted by atomic mass is 35.5. The number of ether oxygens (including phenoxy) is 1. The lowest BCUT2D eigenvalue weighted by atomic mass is 9.35. The normalized spacial score (nSPS) is 48.8. The Hall–Kier alpha value is -1.05. The number of nitriles is 1. The Morgan fingerprint density at radius 2 is 2.00 bits per heavy atom. The topological polar surface area (TPSA) is 70.3 Å². The Balaban J connectivity index is 1.86. The summed E-state index contributed by atoms with van der Waals surface area (Å²) < 4.78 is 5.24. The minimum absolute atomic E-state index is 0.0727. The second-order valence-corrected chi connectivity index (χ2v) is 11.8. The molecule has 0 aliphatic heterocycles. The van der Waals surface area contributed by atoms with Crippen molar-refractivity contribution < 1.29 is 14.6 Å². The van der Waals surface area contributed by atoms with Crippen LogP contribution in [0.3, 0.4) is 0 Å². The number of allylic oxidation sites excluding steroid dienone is 1. The zero-order valence-corrected chi connectivity index (χ0v) is 19.1. The van der Waals surface area contributed by atoms with Gasteiger partial charge in [0.05, 0.1) is 24.2 Å². The van der Waals surface area contributed by atoms with Gasteiger partial charge in [-0.2, -0.15) is 5.26 Å². The van der Waals surface area contributed by atoms with Gasteiger partial charge in [0.1, 0.15) is 4.87 Å². The van der Waals surface area contributed by atoms with E-state index in [-0.39, 0.29) is 29.1 Å². The molecule has 5 aliphatic rings. The summed E-state index contributed by atoms with van der Waals surface area (Å²) in [5.41, 5.74) is -0.858. The number of rotatable bonds is 2. The Morgan fingerprint density at radius 1 is 1.31 bits per heavy atom. The predicted octanol–water partition coefficient (Wildman–Crippen LogP) is 4.99. The smallest absolute Gasteiger partial charge is 0.311 e. The molecule has 1 N–H and O–H groups in total. The molecule has 7 atom stereocenters. The van der Waals surface area contributed by atoms with Gasteiger partial charge in [0, 0.05) is 5.41 Å². The molecule has 5 aliphatic carbocycles. The minimum atomic E-state index is -0.942. The van der Waals surface area contributed by atoms with Crippen molar-refractivity contribution in [2.75, 3.05) is 7.11 Å². The first-order valence-electron chi connectivity index (χ1n) is 11.0. The number of esters is 1. The molecular formula is C24H34ClNO3. The van der Waals surface area contributed by atoms with E-state index in [1.807, 2.05) is 13.8 Å². The molecule has 5 rings (SSSR count). The summed E-state index contributed by atoms with van der Waals surface area (Å²) in [5.74, 6) is 0.473. The average molecular weight is 420 g/mol. The monoisotopic (exact) mass is 419 g/mol. The fourth-order valence-electron chi connectivity index (χ4n) is 8.20. The Morgan fingerprint density at radius 3 is 2.59 bits per heavy atom. The Kier molecular flexibility index (Phi) is 4.56. The van der Waals surface area contributed by atoms with Crippen molar-refractivity contribution in [2.24, 2.45) is 34.0 Å². The number of methoxy groups -OCH3 is 1. The average Bonchev–Trinajstić information content (AvgIpc) is 2.66. The van der Waals surface area contributed by atoms with Gasteiger partial charge in [-0.3, -0.25) is 4.79 Å². The van der Waals surface area contributed by atoms with Crippen LogP contribution >= 0.6 is 11.6 Å². The van der Waals surface area contributed by atoms with E-state index in [2.05, 4.69) is 26.0 Å². The van der Waals surface area contributed by atoms with Crippen LogP contribution in [-0.2, 0) is 9.53 Å². The van der Waals surface area contributed by atoms with Gasteiger partial charge >= 0.3 is 5.97 Å². The maximum absolute atomic E-state index is 12.8. The number of aliphatic hydroxyl groups is 1. The highest BCUT2D eigenvalue weighted by Gasteiger charge is 2.71. The number of hydrogen-bond donors (Lipinski definition) is 1. The van der Waals surface area contributed by atoms with Crippen LogP contribution in [0, 0.1) is 45.3 Å². The molecule has 0 radical (unpaired) electrons. The third-order valence-corrected chi connectivity index (χ3v) is 10.0. The van der Waals surface area contributed by atoms with E-state index in [0.29, 0.717) is 6.42 Å². The summed E-state index contributed by atoms with van der Waals surface area (Å²) in [4.78, 5) is 11.9. The van der Waals surface area contributed by atoms with Gasteiger partial charge in [-0.25, -0.2) is 0 Å². The van der Waals surface area contributed by atoms with Gasteiger partial charge in [-0.15, -0.1) is 11.6 Å². The van der Waals surface area contributed by atoms with Crippen molar-refractivity contribution >= 4 is 17.6 Å². The summed E-state index contributed by atoms with van der Waals surface area (Å²) in [6, 6.07) is 2.49. The van der Waals surface area contributed by atoms with Gasteiger partial charge in [0.2, 0.25) is 0 Å². The van der Waals surface area contributed by atoms with Crippen molar-refractivity contribution in [3.8, 4) is 6.07 Å². The molecule has 160 valence electrons. The van der Waals surface area contributed by atoms with Crippen LogP contribution < -0.4 is 0 Å². The minimum Gasteiger partial charge on any atom is -0.469 e. The third-order valence-electron chi connectivity index (χ3n) is 9.42. The van der Waals surface area contributed by atoms with Crippen LogP contribution in [0.4, 0.5) is 0 Å². The summed E-state index contributed by atoms with van der Waals surface area (Å²) in [7, 11) is 1.49. The largest absolute Gasteiger partial charge is 0.469 e. The number of alkyl halides is 1. The second kappa shape index (κ2) is 6.24. The summed E-state index contributed by atoms with van der Waals surface area (Å²) in [5, 5.41) is 21.0. The van der Waals surface area contributed by atoms with Crippen molar-refractivity contribution in [3.05, 3.63) is 11.6 Å². The fourth-order valence-corrected chi connectivity index (χ4v) is 8.66. The Labute approximate surface area is 179 Å². The predicted molar refractivity (Wildman–Crippen MR) is 112 cm³/mol. The van der Waals surface area contributed by atoms with Crippen LogP contribution in [0.25, 0.3) is 0 Å². The number of halogens is 1. The maximum atomic E-state index is 12.8. The van der Waals surface area contributed by atoms with E-state index >= 15 is 0 Å². The van der Waals surface area contributed by atoms with Gasteiger partial charge < -0.3 is 9.84 Å². The molecular weight excluding hydrogens is 386 g/mol. The van der Waals surface area contributed by atoms with E-state index < -0.39 is 21.3 Å². The van der Waals surface area contributed by atoms with Gasteiger partial charge in [-0.05, 0) is 88.0 Å². The molecule has 0 unspecified atom stereocenters. The molecule has 0 aromatic rings. The van der Waals surface area contributed by atoms with Gasteiger partial charge in [0.15, 0.2) is 0 Å². The highest BCUT2D eigenvalue weighted by molar-refractivity contribution is 6.27. The van der Waals surface area contributed by atoms with Crippen molar-refractivity contribution in [1.29, 1.82) is 5.26 Å². The molecule has 3 saturated carbocycles. The lowest BCUT2D eigenvalue weighted by Gasteiger charge is -2.69. The molecule has 5 heteroatoms. The van der Waals surface area contributed by atoms with E-state index in [1.54, 1.807) is 0 Å². The van der Waals surface area contributed by atoms with Crippen LogP contribution in [0.2, 0.25) is 0 Å². The lowest BCUT2D eigenvalue weighted by Crippen LogP contribution is -2.67. The highest BCUT2D eigenvalue weighted by Crippen LogP contribution is 2.74. The summed E-state index contributed by atoms with van der Waals surface area (Å²) >= 11 is 7.11.